The highest BCUT2D eigenvalue weighted by Crippen LogP contribution is 2.24. The fraction of sp³-hybridized carbons (Fsp3) is 0.400. The first-order valence-corrected chi connectivity index (χ1v) is 7.17. The molecule has 2 amide bonds. The Morgan fingerprint density at radius 1 is 1.38 bits per heavy atom. The van der Waals surface area contributed by atoms with Crippen LogP contribution in [0, 0.1) is 0 Å². The van der Waals surface area contributed by atoms with Crippen LogP contribution < -0.4 is 11.1 Å². The number of nitrogens with two attached hydrogens (primary N) is 1. The van der Waals surface area contributed by atoms with Crippen LogP contribution in [-0.2, 0) is 9.59 Å². The van der Waals surface area contributed by atoms with Gasteiger partial charge < -0.3 is 5.73 Å². The van der Waals surface area contributed by atoms with Crippen molar-refractivity contribution in [3.8, 4) is 0 Å². The van der Waals surface area contributed by atoms with E-state index >= 15 is 0 Å². The number of carbonyl (C=O) groups excluding carboxylic acids is 2. The molecular weight excluding hydrogens is 286 g/mol. The van der Waals surface area contributed by atoms with Crippen LogP contribution in [0.15, 0.2) is 30.3 Å². The Morgan fingerprint density at radius 2 is 2.00 bits per heavy atom. The third kappa shape index (κ3) is 3.28. The predicted molar refractivity (Wildman–Crippen MR) is 84.8 cm³/mol. The van der Waals surface area contributed by atoms with Gasteiger partial charge in [0.2, 0.25) is 11.8 Å². The number of hydrogen-bond acceptors (Lipinski definition) is 4. The largest absolute Gasteiger partial charge is 0.393 e. The van der Waals surface area contributed by atoms with Gasteiger partial charge in [0.1, 0.15) is 0 Å². The maximum Gasteiger partial charge on any atom is 0.246 e. The minimum atomic E-state index is -0.772. The van der Waals surface area contributed by atoms with Crippen molar-refractivity contribution in [3.63, 3.8) is 0 Å². The van der Waals surface area contributed by atoms with E-state index in [4.69, 9.17) is 18.0 Å². The summed E-state index contributed by atoms with van der Waals surface area (Å²) >= 11 is 5.17. The monoisotopic (exact) mass is 305 g/mol. The number of hydrogen-bond donors (Lipinski definition) is 2. The molecule has 1 aliphatic rings. The second-order valence-corrected chi connectivity index (χ2v) is 6.15. The van der Waals surface area contributed by atoms with Gasteiger partial charge in [-0.25, -0.2) is 0 Å². The summed E-state index contributed by atoms with van der Waals surface area (Å²) in [5.74, 6) is -0.790. The molecule has 1 aliphatic heterocycles. The highest BCUT2D eigenvalue weighted by atomic mass is 32.1. The first-order valence-electron chi connectivity index (χ1n) is 6.76. The van der Waals surface area contributed by atoms with Crippen molar-refractivity contribution >= 4 is 29.0 Å². The summed E-state index contributed by atoms with van der Waals surface area (Å²) in [7, 11) is 0. The van der Waals surface area contributed by atoms with Crippen molar-refractivity contribution in [1.82, 2.24) is 10.2 Å². The standard InChI is InChI=1S/C15H19N3O2S/c1-15(2)14(20)17-12(19)9-18(15)8-11(13(16)21)10-6-4-3-5-7-10/h3-7,11H,8-9H2,1-2H3,(H2,16,21)(H,17,19,20). The van der Waals surface area contributed by atoms with Gasteiger partial charge in [-0.05, 0) is 19.4 Å². The Balaban J connectivity index is 2.26. The lowest BCUT2D eigenvalue weighted by molar-refractivity contribution is -0.145. The van der Waals surface area contributed by atoms with Gasteiger partial charge in [0, 0.05) is 12.5 Å². The Morgan fingerprint density at radius 3 is 2.57 bits per heavy atom. The van der Waals surface area contributed by atoms with Gasteiger partial charge in [0.25, 0.3) is 0 Å². The summed E-state index contributed by atoms with van der Waals surface area (Å²) in [6, 6.07) is 9.65. The molecule has 112 valence electrons. The van der Waals surface area contributed by atoms with Gasteiger partial charge >= 0.3 is 0 Å². The van der Waals surface area contributed by atoms with Crippen LogP contribution in [0.5, 0.6) is 0 Å². The van der Waals surface area contributed by atoms with Gasteiger partial charge in [-0.1, -0.05) is 42.5 Å². The molecule has 1 heterocycles. The molecule has 21 heavy (non-hydrogen) atoms. The maximum atomic E-state index is 12.0. The number of benzene rings is 1. The van der Waals surface area contributed by atoms with E-state index < -0.39 is 5.54 Å². The molecule has 0 radical (unpaired) electrons. The summed E-state index contributed by atoms with van der Waals surface area (Å²) in [4.78, 5) is 25.8. The van der Waals surface area contributed by atoms with Gasteiger partial charge in [-0.3, -0.25) is 19.8 Å². The Hall–Kier alpha value is -1.79. The summed E-state index contributed by atoms with van der Waals surface area (Å²) in [6.07, 6.45) is 0. The zero-order chi connectivity index (χ0) is 15.6. The molecule has 1 aromatic carbocycles. The van der Waals surface area contributed by atoms with Gasteiger partial charge in [0.05, 0.1) is 17.1 Å². The van der Waals surface area contributed by atoms with Gasteiger partial charge in [-0.2, -0.15) is 0 Å². The molecule has 1 fully saturated rings. The predicted octanol–water partition coefficient (Wildman–Crippen LogP) is 0.793. The van der Waals surface area contributed by atoms with E-state index in [0.717, 1.165) is 5.56 Å². The highest BCUT2D eigenvalue weighted by molar-refractivity contribution is 7.80. The second-order valence-electron chi connectivity index (χ2n) is 5.68. The van der Waals surface area contributed by atoms with Crippen molar-refractivity contribution < 1.29 is 9.59 Å². The fourth-order valence-electron chi connectivity index (χ4n) is 2.39. The van der Waals surface area contributed by atoms with E-state index in [1.165, 1.54) is 0 Å². The third-order valence-electron chi connectivity index (χ3n) is 3.88. The molecule has 0 saturated carbocycles. The molecule has 0 aromatic heterocycles. The number of imide groups is 1. The normalized spacial score (nSPS) is 19.9. The highest BCUT2D eigenvalue weighted by Gasteiger charge is 2.41. The SMILES string of the molecule is CC1(C)C(=O)NC(=O)CN1CC(C(N)=S)c1ccccc1. The van der Waals surface area contributed by atoms with Crippen LogP contribution in [0.1, 0.15) is 25.3 Å². The zero-order valence-electron chi connectivity index (χ0n) is 12.1. The average molecular weight is 305 g/mol. The lowest BCUT2D eigenvalue weighted by atomic mass is 9.93. The van der Waals surface area contributed by atoms with E-state index in [1.54, 1.807) is 13.8 Å². The quantitative estimate of drug-likeness (QED) is 0.635. The number of nitrogens with zero attached hydrogens (tertiary/aromatic N) is 1. The molecular formula is C15H19N3O2S. The van der Waals surface area contributed by atoms with Crippen LogP contribution in [0.3, 0.4) is 0 Å². The smallest absolute Gasteiger partial charge is 0.246 e. The molecule has 0 spiro atoms. The minimum absolute atomic E-state index is 0.157. The number of nitrogens with one attached hydrogen (secondary N) is 1. The molecule has 5 nitrogen and oxygen atoms in total. The summed E-state index contributed by atoms with van der Waals surface area (Å²) < 4.78 is 0. The van der Waals surface area contributed by atoms with E-state index in [1.807, 2.05) is 35.2 Å². The molecule has 0 bridgehead atoms. The minimum Gasteiger partial charge on any atom is -0.393 e. The van der Waals surface area contributed by atoms with Crippen LogP contribution in [-0.4, -0.2) is 40.3 Å². The maximum absolute atomic E-state index is 12.0. The first kappa shape index (κ1) is 15.6. The topological polar surface area (TPSA) is 75.4 Å². The number of carbonyl (C=O) groups is 2. The lowest BCUT2D eigenvalue weighted by Crippen LogP contribution is -2.64. The van der Waals surface area contributed by atoms with E-state index in [0.29, 0.717) is 11.5 Å². The van der Waals surface area contributed by atoms with Crippen molar-refractivity contribution in [2.45, 2.75) is 25.3 Å². The lowest BCUT2D eigenvalue weighted by Gasteiger charge is -2.41. The van der Waals surface area contributed by atoms with E-state index in [-0.39, 0.29) is 24.3 Å². The zero-order valence-corrected chi connectivity index (χ0v) is 12.9. The molecule has 0 aliphatic carbocycles. The Kier molecular flexibility index (Phi) is 4.39. The molecule has 3 N–H and O–H groups in total. The second kappa shape index (κ2) is 5.91. The molecule has 1 aromatic rings. The van der Waals surface area contributed by atoms with Crippen molar-refractivity contribution in [1.29, 1.82) is 0 Å². The van der Waals surface area contributed by atoms with Crippen LogP contribution in [0.4, 0.5) is 0 Å². The molecule has 2 rings (SSSR count). The molecule has 1 unspecified atom stereocenters. The van der Waals surface area contributed by atoms with Crippen LogP contribution in [0.2, 0.25) is 0 Å². The van der Waals surface area contributed by atoms with E-state index in [9.17, 15) is 9.59 Å². The molecule has 1 atom stereocenters. The molecule has 6 heteroatoms. The summed E-state index contributed by atoms with van der Waals surface area (Å²) in [5, 5.41) is 2.36. The van der Waals surface area contributed by atoms with Crippen molar-refractivity contribution in [3.05, 3.63) is 35.9 Å². The van der Waals surface area contributed by atoms with Crippen LogP contribution in [0.25, 0.3) is 0 Å². The Labute approximate surface area is 129 Å². The van der Waals surface area contributed by atoms with Crippen LogP contribution >= 0.6 is 12.2 Å². The first-order chi connectivity index (χ1) is 9.82. The number of amides is 2. The third-order valence-corrected chi connectivity index (χ3v) is 4.17. The van der Waals surface area contributed by atoms with Gasteiger partial charge in [0.15, 0.2) is 0 Å². The van der Waals surface area contributed by atoms with Crippen molar-refractivity contribution in [2.75, 3.05) is 13.1 Å². The molecule has 1 saturated heterocycles. The van der Waals surface area contributed by atoms with Gasteiger partial charge in [-0.15, -0.1) is 0 Å². The van der Waals surface area contributed by atoms with Crippen molar-refractivity contribution in [2.24, 2.45) is 5.73 Å². The fourth-order valence-corrected chi connectivity index (χ4v) is 2.60. The summed E-state index contributed by atoms with van der Waals surface area (Å²) in [5.41, 5.74) is 6.08. The Bertz CT molecular complexity index is 572. The summed E-state index contributed by atoms with van der Waals surface area (Å²) in [6.45, 7) is 4.17. The number of rotatable bonds is 4. The average Bonchev–Trinajstić information content (AvgIpc) is 2.42. The number of thiocarbonyl (C=S) groups is 1. The number of piperazine rings is 1. The van der Waals surface area contributed by atoms with E-state index in [2.05, 4.69) is 5.32 Å².